The topological polar surface area (TPSA) is 86.8 Å². The Labute approximate surface area is 180 Å². The third-order valence-corrected chi connectivity index (χ3v) is 7.61. The fraction of sp³-hybridized carbons (Fsp3) is 0.364. The number of nitrogens with zero attached hydrogens (tertiary/aromatic N) is 2. The summed E-state index contributed by atoms with van der Waals surface area (Å²) in [5.41, 5.74) is 1.07. The average molecular weight is 446 g/mol. The summed E-state index contributed by atoms with van der Waals surface area (Å²) in [7, 11) is -3.25. The van der Waals surface area contributed by atoms with Gasteiger partial charge in [-0.05, 0) is 55.7 Å². The van der Waals surface area contributed by atoms with Gasteiger partial charge < -0.3 is 10.2 Å². The van der Waals surface area contributed by atoms with Gasteiger partial charge in [0.15, 0.2) is 0 Å². The van der Waals surface area contributed by atoms with Crippen molar-refractivity contribution in [1.29, 1.82) is 0 Å². The summed E-state index contributed by atoms with van der Waals surface area (Å²) in [6.07, 6.45) is 1.76. The van der Waals surface area contributed by atoms with Crippen LogP contribution in [0.3, 0.4) is 0 Å². The Morgan fingerprint density at radius 3 is 2.26 bits per heavy atom. The lowest BCUT2D eigenvalue weighted by Crippen LogP contribution is -2.46. The van der Waals surface area contributed by atoms with Gasteiger partial charge in [-0.2, -0.15) is 0 Å². The number of amides is 2. The average Bonchev–Trinajstić information content (AvgIpc) is 3.13. The molecule has 2 aromatic rings. The maximum absolute atomic E-state index is 13.9. The number of benzene rings is 2. The fourth-order valence-electron chi connectivity index (χ4n) is 4.01. The van der Waals surface area contributed by atoms with Crippen molar-refractivity contribution in [3.05, 3.63) is 65.5 Å². The van der Waals surface area contributed by atoms with E-state index in [9.17, 15) is 22.4 Å². The van der Waals surface area contributed by atoms with Crippen LogP contribution in [0, 0.1) is 5.82 Å². The SMILES string of the molecule is O=C(NC1CCN(C(=O)c2ccccc2F)CC1)c1ccc(N2CCCS2(=O)=O)cc1. The molecule has 1 N–H and O–H groups in total. The van der Waals surface area contributed by atoms with Crippen LogP contribution in [0.2, 0.25) is 0 Å². The maximum Gasteiger partial charge on any atom is 0.256 e. The zero-order valence-electron chi connectivity index (χ0n) is 17.0. The highest BCUT2D eigenvalue weighted by Crippen LogP contribution is 2.24. The van der Waals surface area contributed by atoms with E-state index in [1.165, 1.54) is 16.4 Å². The Morgan fingerprint density at radius 1 is 0.968 bits per heavy atom. The summed E-state index contributed by atoms with van der Waals surface area (Å²) < 4.78 is 39.3. The molecule has 2 aliphatic heterocycles. The van der Waals surface area contributed by atoms with Gasteiger partial charge in [0.2, 0.25) is 10.0 Å². The molecule has 0 atom stereocenters. The van der Waals surface area contributed by atoms with Crippen LogP contribution in [0.5, 0.6) is 0 Å². The molecule has 7 nitrogen and oxygen atoms in total. The number of hydrogen-bond donors (Lipinski definition) is 1. The first-order valence-corrected chi connectivity index (χ1v) is 11.9. The maximum atomic E-state index is 13.9. The molecule has 4 rings (SSSR count). The van der Waals surface area contributed by atoms with Crippen LogP contribution in [0.15, 0.2) is 48.5 Å². The van der Waals surface area contributed by atoms with Gasteiger partial charge >= 0.3 is 0 Å². The Hall–Kier alpha value is -2.94. The van der Waals surface area contributed by atoms with Crippen LogP contribution >= 0.6 is 0 Å². The zero-order valence-corrected chi connectivity index (χ0v) is 17.8. The van der Waals surface area contributed by atoms with E-state index in [1.807, 2.05) is 0 Å². The molecule has 2 aromatic carbocycles. The fourth-order valence-corrected chi connectivity index (χ4v) is 5.57. The van der Waals surface area contributed by atoms with E-state index in [0.717, 1.165) is 0 Å². The molecule has 0 unspecified atom stereocenters. The predicted molar refractivity (Wildman–Crippen MR) is 115 cm³/mol. The van der Waals surface area contributed by atoms with E-state index in [1.54, 1.807) is 41.3 Å². The van der Waals surface area contributed by atoms with Crippen LogP contribution in [0.25, 0.3) is 0 Å². The van der Waals surface area contributed by atoms with E-state index >= 15 is 0 Å². The van der Waals surface area contributed by atoms with Gasteiger partial charge in [-0.15, -0.1) is 0 Å². The van der Waals surface area contributed by atoms with E-state index in [4.69, 9.17) is 0 Å². The number of piperidine rings is 1. The van der Waals surface area contributed by atoms with Gasteiger partial charge in [0.1, 0.15) is 5.82 Å². The molecule has 31 heavy (non-hydrogen) atoms. The number of halogens is 1. The summed E-state index contributed by atoms with van der Waals surface area (Å²) >= 11 is 0. The second-order valence-corrected chi connectivity index (χ2v) is 9.82. The molecular formula is C22H24FN3O4S. The minimum Gasteiger partial charge on any atom is -0.349 e. The summed E-state index contributed by atoms with van der Waals surface area (Å²) in [5.74, 6) is -0.967. The molecule has 0 aliphatic carbocycles. The van der Waals surface area contributed by atoms with Gasteiger partial charge in [-0.3, -0.25) is 13.9 Å². The number of hydrogen-bond acceptors (Lipinski definition) is 4. The molecule has 0 spiro atoms. The largest absolute Gasteiger partial charge is 0.349 e. The van der Waals surface area contributed by atoms with E-state index < -0.39 is 15.8 Å². The van der Waals surface area contributed by atoms with Crippen LogP contribution < -0.4 is 9.62 Å². The van der Waals surface area contributed by atoms with Gasteiger partial charge in [0, 0.05) is 31.2 Å². The van der Waals surface area contributed by atoms with Crippen LogP contribution in [-0.4, -0.2) is 56.6 Å². The second-order valence-electron chi connectivity index (χ2n) is 7.81. The molecule has 0 radical (unpaired) electrons. The van der Waals surface area contributed by atoms with Gasteiger partial charge in [-0.1, -0.05) is 12.1 Å². The van der Waals surface area contributed by atoms with Gasteiger partial charge in [-0.25, -0.2) is 12.8 Å². The number of carbonyl (C=O) groups is 2. The number of carbonyl (C=O) groups excluding carboxylic acids is 2. The van der Waals surface area contributed by atoms with E-state index in [0.29, 0.717) is 50.1 Å². The highest BCUT2D eigenvalue weighted by Gasteiger charge is 2.29. The smallest absolute Gasteiger partial charge is 0.256 e. The lowest BCUT2D eigenvalue weighted by molar-refractivity contribution is 0.0693. The lowest BCUT2D eigenvalue weighted by atomic mass is 10.0. The van der Waals surface area contributed by atoms with Crippen molar-refractivity contribution < 1.29 is 22.4 Å². The molecule has 164 valence electrons. The number of nitrogens with one attached hydrogen (secondary N) is 1. The highest BCUT2D eigenvalue weighted by molar-refractivity contribution is 7.93. The molecule has 0 bridgehead atoms. The molecule has 9 heteroatoms. The molecule has 0 saturated carbocycles. The van der Waals surface area contributed by atoms with E-state index in [-0.39, 0.29) is 29.2 Å². The normalized spacial score (nSPS) is 18.7. The molecule has 2 amide bonds. The molecule has 2 aliphatic rings. The van der Waals surface area contributed by atoms with Crippen LogP contribution in [0.1, 0.15) is 40.0 Å². The van der Waals surface area contributed by atoms with Crippen molar-refractivity contribution in [2.24, 2.45) is 0 Å². The minimum atomic E-state index is -3.25. The van der Waals surface area contributed by atoms with Crippen molar-refractivity contribution in [2.75, 3.05) is 29.7 Å². The van der Waals surface area contributed by atoms with Crippen molar-refractivity contribution in [3.63, 3.8) is 0 Å². The molecular weight excluding hydrogens is 421 g/mol. The van der Waals surface area contributed by atoms with Crippen molar-refractivity contribution >= 4 is 27.5 Å². The number of likely N-dealkylation sites (tertiary alicyclic amines) is 1. The monoisotopic (exact) mass is 445 g/mol. The molecule has 2 heterocycles. The number of sulfonamides is 1. The predicted octanol–water partition coefficient (Wildman–Crippen LogP) is 2.40. The highest BCUT2D eigenvalue weighted by atomic mass is 32.2. The van der Waals surface area contributed by atoms with Crippen molar-refractivity contribution in [3.8, 4) is 0 Å². The summed E-state index contributed by atoms with van der Waals surface area (Å²) in [4.78, 5) is 26.7. The standard InChI is InChI=1S/C22H24FN3O4S/c23-20-5-2-1-4-19(20)22(28)25-13-10-17(11-14-25)24-21(27)16-6-8-18(9-7-16)26-12-3-15-31(26,29)30/h1-2,4-9,17H,3,10-15H2,(H,24,27). The van der Waals surface area contributed by atoms with Crippen molar-refractivity contribution in [1.82, 2.24) is 10.2 Å². The first-order valence-electron chi connectivity index (χ1n) is 10.3. The summed E-state index contributed by atoms with van der Waals surface area (Å²) in [5, 5.41) is 2.97. The molecule has 0 aromatic heterocycles. The van der Waals surface area contributed by atoms with Gasteiger partial charge in [0.25, 0.3) is 11.8 Å². The van der Waals surface area contributed by atoms with Crippen LogP contribution in [0.4, 0.5) is 10.1 Å². The summed E-state index contributed by atoms with van der Waals surface area (Å²) in [6, 6.07) is 12.4. The second kappa shape index (κ2) is 8.66. The zero-order chi connectivity index (χ0) is 22.0. The Morgan fingerprint density at radius 2 is 1.65 bits per heavy atom. The van der Waals surface area contributed by atoms with Crippen molar-refractivity contribution in [2.45, 2.75) is 25.3 Å². The van der Waals surface area contributed by atoms with Gasteiger partial charge in [0.05, 0.1) is 17.0 Å². The first kappa shape index (κ1) is 21.3. The molecule has 2 fully saturated rings. The Kier molecular flexibility index (Phi) is 5.95. The first-order chi connectivity index (χ1) is 14.8. The third-order valence-electron chi connectivity index (χ3n) is 5.74. The Bertz CT molecular complexity index is 1080. The lowest BCUT2D eigenvalue weighted by Gasteiger charge is -2.32. The molecule has 2 saturated heterocycles. The number of anilines is 1. The van der Waals surface area contributed by atoms with E-state index in [2.05, 4.69) is 5.32 Å². The Balaban J connectivity index is 1.32. The number of rotatable bonds is 4. The van der Waals surface area contributed by atoms with Crippen LogP contribution in [-0.2, 0) is 10.0 Å². The quantitative estimate of drug-likeness (QED) is 0.783. The minimum absolute atomic E-state index is 0.0603. The third kappa shape index (κ3) is 4.56. The summed E-state index contributed by atoms with van der Waals surface area (Å²) in [6.45, 7) is 1.33.